The monoisotopic (exact) mass is 322 g/mol. The van der Waals surface area contributed by atoms with Crippen molar-refractivity contribution < 1.29 is 15.3 Å². The molecule has 4 fully saturated rings. The molecule has 4 rings (SSSR count). The number of aliphatic hydroxyl groups is 3. The third kappa shape index (κ3) is 2.05. The van der Waals surface area contributed by atoms with Crippen molar-refractivity contribution in [1.29, 1.82) is 0 Å². The van der Waals surface area contributed by atoms with Crippen LogP contribution in [-0.4, -0.2) is 33.6 Å². The van der Waals surface area contributed by atoms with E-state index in [0.29, 0.717) is 17.8 Å². The average molecular weight is 322 g/mol. The van der Waals surface area contributed by atoms with E-state index in [9.17, 15) is 15.3 Å². The lowest BCUT2D eigenvalue weighted by molar-refractivity contribution is -0.185. The highest BCUT2D eigenvalue weighted by molar-refractivity contribution is 5.16. The van der Waals surface area contributed by atoms with Gasteiger partial charge < -0.3 is 15.3 Å². The van der Waals surface area contributed by atoms with E-state index in [0.717, 1.165) is 32.1 Å². The van der Waals surface area contributed by atoms with Crippen molar-refractivity contribution in [3.8, 4) is 0 Å². The highest BCUT2D eigenvalue weighted by Gasteiger charge is 2.67. The third-order valence-electron chi connectivity index (χ3n) is 8.89. The van der Waals surface area contributed by atoms with Gasteiger partial charge in [0.15, 0.2) is 0 Å². The Morgan fingerprint density at radius 1 is 0.957 bits per heavy atom. The minimum atomic E-state index is -0.495. The molecule has 3 N–H and O–H groups in total. The van der Waals surface area contributed by atoms with E-state index in [-0.39, 0.29) is 29.0 Å². The fraction of sp³-hybridized carbons (Fsp3) is 1.00. The summed E-state index contributed by atoms with van der Waals surface area (Å²) in [4.78, 5) is 0. The Bertz CT molecular complexity index is 503. The van der Waals surface area contributed by atoms with Crippen LogP contribution in [0.25, 0.3) is 0 Å². The van der Waals surface area contributed by atoms with Gasteiger partial charge in [0, 0.05) is 6.61 Å². The van der Waals surface area contributed by atoms with Crippen molar-refractivity contribution >= 4 is 0 Å². The number of hydrogen-bond acceptors (Lipinski definition) is 3. The van der Waals surface area contributed by atoms with Gasteiger partial charge in [0.2, 0.25) is 0 Å². The molecule has 3 nitrogen and oxygen atoms in total. The molecule has 0 heterocycles. The predicted octanol–water partition coefficient (Wildman–Crippen LogP) is 3.11. The molecule has 0 radical (unpaired) electrons. The summed E-state index contributed by atoms with van der Waals surface area (Å²) in [7, 11) is 0. The minimum Gasteiger partial charge on any atom is -0.396 e. The zero-order valence-corrected chi connectivity index (χ0v) is 15.0. The molecule has 1 spiro atoms. The lowest BCUT2D eigenvalue weighted by Crippen LogP contribution is -2.59. The SMILES string of the molecule is CC1(O)CC23CCC4C(C)(CO)CC(O)CC4(C)C2CCC1C3. The molecule has 2 bridgehead atoms. The maximum atomic E-state index is 10.9. The fourth-order valence-corrected chi connectivity index (χ4v) is 8.25. The first kappa shape index (κ1) is 16.4. The molecule has 8 atom stereocenters. The van der Waals surface area contributed by atoms with Gasteiger partial charge in [0.1, 0.15) is 0 Å². The zero-order chi connectivity index (χ0) is 16.7. The Balaban J connectivity index is 1.74. The van der Waals surface area contributed by atoms with Gasteiger partial charge in [-0.1, -0.05) is 13.8 Å². The zero-order valence-electron chi connectivity index (χ0n) is 15.0. The van der Waals surface area contributed by atoms with E-state index in [4.69, 9.17) is 0 Å². The largest absolute Gasteiger partial charge is 0.396 e. The Labute approximate surface area is 140 Å². The average Bonchev–Trinajstić information content (AvgIpc) is 2.62. The topological polar surface area (TPSA) is 60.7 Å². The highest BCUT2D eigenvalue weighted by atomic mass is 16.3. The molecule has 0 saturated heterocycles. The number of fused-ring (bicyclic) bond motifs is 3. The second-order valence-corrected chi connectivity index (χ2v) is 10.4. The lowest BCUT2D eigenvalue weighted by Gasteiger charge is -2.64. The fourth-order valence-electron chi connectivity index (χ4n) is 8.25. The highest BCUT2D eigenvalue weighted by Crippen LogP contribution is 2.72. The van der Waals surface area contributed by atoms with Crippen LogP contribution in [0.3, 0.4) is 0 Å². The summed E-state index contributed by atoms with van der Waals surface area (Å²) >= 11 is 0. The summed E-state index contributed by atoms with van der Waals surface area (Å²) < 4.78 is 0. The first-order valence-corrected chi connectivity index (χ1v) is 9.67. The van der Waals surface area contributed by atoms with E-state index in [1.165, 1.54) is 19.3 Å². The van der Waals surface area contributed by atoms with Gasteiger partial charge in [-0.2, -0.15) is 0 Å². The molecule has 0 amide bonds. The van der Waals surface area contributed by atoms with E-state index in [1.54, 1.807) is 0 Å². The summed E-state index contributed by atoms with van der Waals surface area (Å²) in [5.74, 6) is 1.57. The van der Waals surface area contributed by atoms with Crippen LogP contribution in [0.2, 0.25) is 0 Å². The molecule has 0 aliphatic heterocycles. The van der Waals surface area contributed by atoms with Gasteiger partial charge in [-0.05, 0) is 92.3 Å². The van der Waals surface area contributed by atoms with Crippen LogP contribution in [0, 0.1) is 34.0 Å². The van der Waals surface area contributed by atoms with E-state index in [2.05, 4.69) is 20.8 Å². The second-order valence-electron chi connectivity index (χ2n) is 10.4. The van der Waals surface area contributed by atoms with Gasteiger partial charge in [-0.25, -0.2) is 0 Å². The van der Waals surface area contributed by atoms with Gasteiger partial charge in [0.25, 0.3) is 0 Å². The summed E-state index contributed by atoms with van der Waals surface area (Å²) in [5, 5.41) is 31.5. The molecular formula is C20H34O3. The summed E-state index contributed by atoms with van der Waals surface area (Å²) in [5.41, 5.74) is -0.249. The standard InChI is InChI=1S/C20H34O3/c1-17(12-21)9-14(22)10-18(2)15(17)6-7-20-8-13(4-5-16(18)20)19(3,23)11-20/h13-16,21-23H,4-12H2,1-3H3. The molecule has 23 heavy (non-hydrogen) atoms. The van der Waals surface area contributed by atoms with Crippen LogP contribution in [0.4, 0.5) is 0 Å². The van der Waals surface area contributed by atoms with Crippen molar-refractivity contribution in [1.82, 2.24) is 0 Å². The van der Waals surface area contributed by atoms with Gasteiger partial charge in [-0.3, -0.25) is 0 Å². The van der Waals surface area contributed by atoms with Crippen molar-refractivity contribution in [2.75, 3.05) is 6.61 Å². The number of hydrogen-bond donors (Lipinski definition) is 3. The van der Waals surface area contributed by atoms with Crippen LogP contribution in [0.5, 0.6) is 0 Å². The van der Waals surface area contributed by atoms with Crippen molar-refractivity contribution in [2.24, 2.45) is 34.0 Å². The maximum Gasteiger partial charge on any atom is 0.0653 e. The van der Waals surface area contributed by atoms with Gasteiger partial charge in [0.05, 0.1) is 11.7 Å². The van der Waals surface area contributed by atoms with Crippen LogP contribution in [0.1, 0.15) is 72.1 Å². The van der Waals surface area contributed by atoms with Crippen molar-refractivity contribution in [3.05, 3.63) is 0 Å². The Kier molecular flexibility index (Phi) is 3.37. The van der Waals surface area contributed by atoms with Crippen molar-refractivity contribution in [2.45, 2.75) is 83.8 Å². The molecule has 132 valence electrons. The quantitative estimate of drug-likeness (QED) is 0.695. The van der Waals surface area contributed by atoms with Crippen LogP contribution in [-0.2, 0) is 0 Å². The van der Waals surface area contributed by atoms with E-state index < -0.39 is 5.60 Å². The van der Waals surface area contributed by atoms with Gasteiger partial charge in [-0.15, -0.1) is 0 Å². The number of rotatable bonds is 1. The minimum absolute atomic E-state index is 0.110. The molecule has 4 saturated carbocycles. The molecule has 0 aromatic rings. The Hall–Kier alpha value is -0.120. The molecule has 4 aliphatic carbocycles. The Morgan fingerprint density at radius 3 is 2.39 bits per heavy atom. The molecule has 3 heteroatoms. The first-order chi connectivity index (χ1) is 10.7. The summed E-state index contributed by atoms with van der Waals surface area (Å²) in [6.07, 6.45) is 8.15. The predicted molar refractivity (Wildman–Crippen MR) is 89.8 cm³/mol. The number of aliphatic hydroxyl groups excluding tert-OH is 2. The molecular weight excluding hydrogens is 288 g/mol. The summed E-state index contributed by atoms with van der Waals surface area (Å²) in [6.45, 7) is 6.82. The molecule has 8 unspecified atom stereocenters. The van der Waals surface area contributed by atoms with Gasteiger partial charge >= 0.3 is 0 Å². The first-order valence-electron chi connectivity index (χ1n) is 9.67. The van der Waals surface area contributed by atoms with Crippen LogP contribution < -0.4 is 0 Å². The Morgan fingerprint density at radius 2 is 1.70 bits per heavy atom. The van der Waals surface area contributed by atoms with Crippen molar-refractivity contribution in [3.63, 3.8) is 0 Å². The van der Waals surface area contributed by atoms with E-state index in [1.807, 2.05) is 0 Å². The lowest BCUT2D eigenvalue weighted by atomic mass is 9.40. The maximum absolute atomic E-state index is 10.9. The van der Waals surface area contributed by atoms with Crippen LogP contribution >= 0.6 is 0 Å². The van der Waals surface area contributed by atoms with Crippen LogP contribution in [0.15, 0.2) is 0 Å². The molecule has 0 aromatic carbocycles. The van der Waals surface area contributed by atoms with E-state index >= 15 is 0 Å². The summed E-state index contributed by atoms with van der Waals surface area (Å²) in [6, 6.07) is 0. The molecule has 4 aliphatic rings. The normalized spacial score (nSPS) is 61.8. The third-order valence-corrected chi connectivity index (χ3v) is 8.89. The molecule has 0 aromatic heterocycles. The second kappa shape index (κ2) is 4.74. The smallest absolute Gasteiger partial charge is 0.0653 e.